The van der Waals surface area contributed by atoms with E-state index in [0.717, 1.165) is 6.42 Å². The number of hydrogen-bond donors (Lipinski definition) is 1. The summed E-state index contributed by atoms with van der Waals surface area (Å²) >= 11 is 6.03. The zero-order valence-electron chi connectivity index (χ0n) is 19.3. The standard InChI is InChI=1S/C27H34ClNO2/c1-17(2)24-20-10-13-23-26(3,4)14-7-15-27(23,5)21(20)11-12-22(24)31-25(30)29-19-9-6-8-18(28)16-19/h6,8-9,11-12,16-17,23H,7,10,13-15H2,1-5H3,(H,29,30)/t23?,27-/m1/s1. The maximum atomic E-state index is 12.6. The van der Waals surface area contributed by atoms with Gasteiger partial charge in [0, 0.05) is 16.3 Å². The Labute approximate surface area is 191 Å². The maximum absolute atomic E-state index is 12.6. The molecule has 166 valence electrons. The third-order valence-corrected chi connectivity index (χ3v) is 7.93. The predicted octanol–water partition coefficient (Wildman–Crippen LogP) is 8.10. The van der Waals surface area contributed by atoms with E-state index >= 15 is 0 Å². The van der Waals surface area contributed by atoms with Gasteiger partial charge in [-0.1, -0.05) is 64.8 Å². The fourth-order valence-corrected chi connectivity index (χ4v) is 6.61. The number of amides is 1. The van der Waals surface area contributed by atoms with Crippen molar-refractivity contribution in [2.75, 3.05) is 5.32 Å². The number of ether oxygens (including phenoxy) is 1. The molecule has 3 nitrogen and oxygen atoms in total. The van der Waals surface area contributed by atoms with Crippen LogP contribution in [0.3, 0.4) is 0 Å². The largest absolute Gasteiger partial charge is 0.417 e. The van der Waals surface area contributed by atoms with Crippen molar-refractivity contribution < 1.29 is 9.53 Å². The van der Waals surface area contributed by atoms with Crippen LogP contribution in [0.5, 0.6) is 5.75 Å². The first-order valence-electron chi connectivity index (χ1n) is 11.5. The molecular formula is C27H34ClNO2. The molecule has 1 amide bonds. The minimum absolute atomic E-state index is 0.195. The van der Waals surface area contributed by atoms with Crippen molar-refractivity contribution in [3.63, 3.8) is 0 Å². The van der Waals surface area contributed by atoms with Gasteiger partial charge in [0.25, 0.3) is 0 Å². The second kappa shape index (κ2) is 8.16. The van der Waals surface area contributed by atoms with Crippen molar-refractivity contribution in [1.29, 1.82) is 0 Å². The molecule has 0 heterocycles. The van der Waals surface area contributed by atoms with E-state index in [1.165, 1.54) is 42.4 Å². The summed E-state index contributed by atoms with van der Waals surface area (Å²) in [6, 6.07) is 11.3. The van der Waals surface area contributed by atoms with Crippen LogP contribution in [0.1, 0.15) is 82.9 Å². The van der Waals surface area contributed by atoms with Crippen molar-refractivity contribution >= 4 is 23.4 Å². The molecule has 4 heteroatoms. The van der Waals surface area contributed by atoms with Crippen LogP contribution in [0.2, 0.25) is 5.02 Å². The van der Waals surface area contributed by atoms with Gasteiger partial charge in [0.05, 0.1) is 0 Å². The number of nitrogens with one attached hydrogen (secondary N) is 1. The molecule has 2 aromatic carbocycles. The Morgan fingerprint density at radius 2 is 1.94 bits per heavy atom. The lowest BCUT2D eigenvalue weighted by atomic mass is 9.50. The molecule has 2 aliphatic carbocycles. The number of hydrogen-bond acceptors (Lipinski definition) is 2. The number of carbonyl (C=O) groups is 1. The van der Waals surface area contributed by atoms with Gasteiger partial charge in [-0.05, 0) is 83.7 Å². The van der Waals surface area contributed by atoms with E-state index in [-0.39, 0.29) is 11.3 Å². The zero-order valence-corrected chi connectivity index (χ0v) is 20.1. The van der Waals surface area contributed by atoms with Gasteiger partial charge in [-0.2, -0.15) is 0 Å². The number of benzene rings is 2. The number of anilines is 1. The van der Waals surface area contributed by atoms with E-state index in [4.69, 9.17) is 16.3 Å². The minimum atomic E-state index is -0.484. The van der Waals surface area contributed by atoms with Gasteiger partial charge in [-0.15, -0.1) is 0 Å². The van der Waals surface area contributed by atoms with E-state index in [2.05, 4.69) is 46.0 Å². The van der Waals surface area contributed by atoms with Crippen molar-refractivity contribution in [1.82, 2.24) is 0 Å². The first-order valence-corrected chi connectivity index (χ1v) is 11.9. The lowest BCUT2D eigenvalue weighted by molar-refractivity contribution is 0.0404. The molecule has 2 atom stereocenters. The van der Waals surface area contributed by atoms with E-state index in [1.807, 2.05) is 6.07 Å². The Kier molecular flexibility index (Phi) is 5.85. The van der Waals surface area contributed by atoms with Gasteiger partial charge in [0.2, 0.25) is 0 Å². The summed E-state index contributed by atoms with van der Waals surface area (Å²) in [6.45, 7) is 11.7. The van der Waals surface area contributed by atoms with Crippen LogP contribution in [-0.2, 0) is 11.8 Å². The first kappa shape index (κ1) is 22.2. The average molecular weight is 440 g/mol. The molecule has 2 aliphatic rings. The molecule has 31 heavy (non-hydrogen) atoms. The monoisotopic (exact) mass is 439 g/mol. The Morgan fingerprint density at radius 1 is 1.16 bits per heavy atom. The van der Waals surface area contributed by atoms with Crippen molar-refractivity contribution in [3.8, 4) is 5.75 Å². The third-order valence-electron chi connectivity index (χ3n) is 7.70. The fourth-order valence-electron chi connectivity index (χ4n) is 6.42. The van der Waals surface area contributed by atoms with Crippen LogP contribution in [0.4, 0.5) is 10.5 Å². The molecule has 2 aromatic rings. The SMILES string of the molecule is CC(C)c1c(OC(=O)Nc2cccc(Cl)c2)ccc2c1CCC1C(C)(C)CCC[C@]21C. The van der Waals surface area contributed by atoms with E-state index in [0.29, 0.717) is 27.8 Å². The van der Waals surface area contributed by atoms with Gasteiger partial charge >= 0.3 is 6.09 Å². The summed E-state index contributed by atoms with van der Waals surface area (Å²) in [6.07, 6.45) is 5.60. The summed E-state index contributed by atoms with van der Waals surface area (Å²) in [5.74, 6) is 1.64. The molecular weight excluding hydrogens is 406 g/mol. The Bertz CT molecular complexity index is 997. The maximum Gasteiger partial charge on any atom is 0.417 e. The van der Waals surface area contributed by atoms with Crippen LogP contribution in [0.15, 0.2) is 36.4 Å². The van der Waals surface area contributed by atoms with Gasteiger partial charge in [0.15, 0.2) is 0 Å². The van der Waals surface area contributed by atoms with Crippen molar-refractivity contribution in [2.24, 2.45) is 11.3 Å². The lowest BCUT2D eigenvalue weighted by Gasteiger charge is -2.54. The smallest absolute Gasteiger partial charge is 0.410 e. The van der Waals surface area contributed by atoms with E-state index < -0.39 is 6.09 Å². The second-order valence-corrected chi connectivity index (χ2v) is 11.0. The lowest BCUT2D eigenvalue weighted by Crippen LogP contribution is -2.48. The highest BCUT2D eigenvalue weighted by Crippen LogP contribution is 2.58. The summed E-state index contributed by atoms with van der Waals surface area (Å²) in [5.41, 5.74) is 5.25. The molecule has 0 aromatic heterocycles. The van der Waals surface area contributed by atoms with Crippen molar-refractivity contribution in [3.05, 3.63) is 58.1 Å². The number of rotatable bonds is 3. The summed E-state index contributed by atoms with van der Waals surface area (Å²) in [4.78, 5) is 12.6. The van der Waals surface area contributed by atoms with Crippen LogP contribution >= 0.6 is 11.6 Å². The highest BCUT2D eigenvalue weighted by atomic mass is 35.5. The molecule has 1 fully saturated rings. The summed E-state index contributed by atoms with van der Waals surface area (Å²) < 4.78 is 5.83. The van der Waals surface area contributed by atoms with Crippen molar-refractivity contribution in [2.45, 2.75) is 78.1 Å². The molecule has 0 aliphatic heterocycles. The molecule has 0 radical (unpaired) electrons. The highest BCUT2D eigenvalue weighted by Gasteiger charge is 2.50. The second-order valence-electron chi connectivity index (χ2n) is 10.5. The molecule has 1 unspecified atom stereocenters. The normalized spacial score (nSPS) is 24.3. The number of carbonyl (C=O) groups excluding carboxylic acids is 1. The molecule has 1 N–H and O–H groups in total. The van der Waals surface area contributed by atoms with Crippen LogP contribution in [0, 0.1) is 11.3 Å². The quantitative estimate of drug-likeness (QED) is 0.524. The number of halogens is 1. The van der Waals surface area contributed by atoms with Gasteiger partial charge < -0.3 is 4.74 Å². The third kappa shape index (κ3) is 4.09. The topological polar surface area (TPSA) is 38.3 Å². The zero-order chi connectivity index (χ0) is 22.4. The first-order chi connectivity index (χ1) is 14.6. The van der Waals surface area contributed by atoms with Crippen LogP contribution in [0.25, 0.3) is 0 Å². The average Bonchev–Trinajstić information content (AvgIpc) is 2.66. The Morgan fingerprint density at radius 3 is 2.65 bits per heavy atom. The fraction of sp³-hybridized carbons (Fsp3) is 0.519. The van der Waals surface area contributed by atoms with Crippen LogP contribution < -0.4 is 10.1 Å². The van der Waals surface area contributed by atoms with Gasteiger partial charge in [0.1, 0.15) is 5.75 Å². The highest BCUT2D eigenvalue weighted by molar-refractivity contribution is 6.30. The van der Waals surface area contributed by atoms with Crippen LogP contribution in [-0.4, -0.2) is 6.09 Å². The van der Waals surface area contributed by atoms with Gasteiger partial charge in [-0.25, -0.2) is 4.79 Å². The van der Waals surface area contributed by atoms with E-state index in [1.54, 1.807) is 24.3 Å². The molecule has 1 saturated carbocycles. The molecule has 0 spiro atoms. The Hall–Kier alpha value is -2.00. The minimum Gasteiger partial charge on any atom is -0.410 e. The Balaban J connectivity index is 1.67. The number of fused-ring (bicyclic) bond motifs is 3. The molecule has 0 saturated heterocycles. The van der Waals surface area contributed by atoms with E-state index in [9.17, 15) is 4.79 Å². The molecule has 4 rings (SSSR count). The molecule has 0 bridgehead atoms. The van der Waals surface area contributed by atoms with Gasteiger partial charge in [-0.3, -0.25) is 5.32 Å². The predicted molar refractivity (Wildman–Crippen MR) is 128 cm³/mol. The summed E-state index contributed by atoms with van der Waals surface area (Å²) in [7, 11) is 0. The summed E-state index contributed by atoms with van der Waals surface area (Å²) in [5, 5.41) is 3.37.